The van der Waals surface area contributed by atoms with Crippen molar-refractivity contribution in [2.45, 2.75) is 11.8 Å². The maximum Gasteiger partial charge on any atom is 0.358 e. The van der Waals surface area contributed by atoms with Crippen molar-refractivity contribution in [1.82, 2.24) is 0 Å². The highest BCUT2D eigenvalue weighted by Gasteiger charge is 2.27. The van der Waals surface area contributed by atoms with E-state index in [-0.39, 0.29) is 4.90 Å². The summed E-state index contributed by atoms with van der Waals surface area (Å²) in [5, 5.41) is 4.55. The highest BCUT2D eigenvalue weighted by molar-refractivity contribution is 7.86. The molecule has 0 fully saturated rings. The number of nitrogens with zero attached hydrogens (tertiary/aromatic N) is 1. The number of oxime groups is 1. The number of hydrogen-bond donors (Lipinski definition) is 0. The summed E-state index contributed by atoms with van der Waals surface area (Å²) < 4.78 is 35.9. The number of allylic oxidation sites excluding steroid dienone is 1. The van der Waals surface area contributed by atoms with Crippen molar-refractivity contribution in [3.05, 3.63) is 100 Å². The lowest BCUT2D eigenvalue weighted by Crippen LogP contribution is -2.07. The van der Waals surface area contributed by atoms with Gasteiger partial charge in [-0.25, -0.2) is 0 Å². The molecule has 0 N–H and O–H groups in total. The van der Waals surface area contributed by atoms with Crippen LogP contribution in [0.25, 0.3) is 6.08 Å². The molecule has 29 heavy (non-hydrogen) atoms. The number of rotatable bonds is 4. The summed E-state index contributed by atoms with van der Waals surface area (Å²) in [5.74, 6) is 0.954. The van der Waals surface area contributed by atoms with E-state index in [1.165, 1.54) is 12.1 Å². The molecule has 0 aliphatic carbocycles. The predicted molar refractivity (Wildman–Crippen MR) is 112 cm³/mol. The minimum absolute atomic E-state index is 0.0304. The molecule has 1 heterocycles. The van der Waals surface area contributed by atoms with Gasteiger partial charge in [-0.3, -0.25) is 4.28 Å². The van der Waals surface area contributed by atoms with Gasteiger partial charge in [-0.1, -0.05) is 58.7 Å². The monoisotopic (exact) mass is 425 g/mol. The van der Waals surface area contributed by atoms with E-state index < -0.39 is 10.1 Å². The minimum atomic E-state index is -4.06. The van der Waals surface area contributed by atoms with Crippen LogP contribution >= 0.6 is 11.6 Å². The van der Waals surface area contributed by atoms with Crippen LogP contribution in [0, 0.1) is 6.92 Å². The van der Waals surface area contributed by atoms with Gasteiger partial charge in [-0.05, 0) is 55.0 Å². The van der Waals surface area contributed by atoms with E-state index in [9.17, 15) is 8.42 Å². The third-order valence-electron chi connectivity index (χ3n) is 4.30. The molecular formula is C22H16ClNO4S. The highest BCUT2D eigenvalue weighted by atomic mass is 35.5. The Hall–Kier alpha value is -3.09. The lowest BCUT2D eigenvalue weighted by atomic mass is 10.1. The first kappa shape index (κ1) is 19.2. The summed E-state index contributed by atoms with van der Waals surface area (Å²) in [6.07, 6.45) is 1.75. The third kappa shape index (κ3) is 4.18. The normalized spacial score (nSPS) is 15.9. The molecule has 146 valence electrons. The zero-order valence-corrected chi connectivity index (χ0v) is 16.9. The maximum absolute atomic E-state index is 12.5. The molecule has 0 saturated carbocycles. The first-order chi connectivity index (χ1) is 13.9. The summed E-state index contributed by atoms with van der Waals surface area (Å²) in [6.45, 7) is 1.87. The Morgan fingerprint density at radius 2 is 1.66 bits per heavy atom. The molecule has 0 amide bonds. The molecule has 0 aromatic heterocycles. The smallest absolute Gasteiger partial charge is 0.358 e. The number of para-hydroxylation sites is 1. The standard InChI is InChI=1S/C22H16ClNO4S/c1-15-6-12-18(13-7-15)29(25,26)28-24-22-19-4-2-3-5-20(19)27-21(22)14-16-8-10-17(23)11-9-16/h2-14H,1H3/b21-14+,24-22+. The summed E-state index contributed by atoms with van der Waals surface area (Å²) in [7, 11) is -4.06. The molecule has 1 aliphatic heterocycles. The quantitative estimate of drug-likeness (QED) is 0.539. The number of hydrogen-bond acceptors (Lipinski definition) is 5. The Labute approximate surface area is 174 Å². The molecule has 3 aromatic carbocycles. The van der Waals surface area contributed by atoms with E-state index in [4.69, 9.17) is 20.6 Å². The first-order valence-electron chi connectivity index (χ1n) is 8.75. The van der Waals surface area contributed by atoms with E-state index in [0.29, 0.717) is 27.8 Å². The van der Waals surface area contributed by atoms with E-state index in [1.54, 1.807) is 42.5 Å². The molecule has 7 heteroatoms. The average molecular weight is 426 g/mol. The Balaban J connectivity index is 1.71. The summed E-state index contributed by atoms with van der Waals surface area (Å²) in [4.78, 5) is 0.0304. The number of benzene rings is 3. The van der Waals surface area contributed by atoms with Gasteiger partial charge in [0.1, 0.15) is 10.6 Å². The van der Waals surface area contributed by atoms with Crippen molar-refractivity contribution in [2.75, 3.05) is 0 Å². The van der Waals surface area contributed by atoms with Gasteiger partial charge in [0.2, 0.25) is 0 Å². The van der Waals surface area contributed by atoms with Gasteiger partial charge in [0.25, 0.3) is 0 Å². The number of ether oxygens (including phenoxy) is 1. The van der Waals surface area contributed by atoms with E-state index >= 15 is 0 Å². The SMILES string of the molecule is Cc1ccc(S(=O)(=O)O/N=C2/C(=C\c3ccc(Cl)cc3)Oc3ccccc32)cc1. The largest absolute Gasteiger partial charge is 0.454 e. The third-order valence-corrected chi connectivity index (χ3v) is 5.67. The summed E-state index contributed by atoms with van der Waals surface area (Å²) >= 11 is 5.94. The highest BCUT2D eigenvalue weighted by Crippen LogP contribution is 2.32. The molecule has 0 spiro atoms. The van der Waals surface area contributed by atoms with Crippen LogP contribution < -0.4 is 4.74 Å². The Morgan fingerprint density at radius 3 is 2.38 bits per heavy atom. The second kappa shape index (κ2) is 7.73. The van der Waals surface area contributed by atoms with Crippen LogP contribution in [0.5, 0.6) is 5.75 Å². The molecule has 1 aliphatic rings. The lowest BCUT2D eigenvalue weighted by molar-refractivity contribution is 0.338. The van der Waals surface area contributed by atoms with E-state index in [2.05, 4.69) is 5.16 Å². The Kier molecular flexibility index (Phi) is 5.13. The van der Waals surface area contributed by atoms with Crippen molar-refractivity contribution in [2.24, 2.45) is 5.16 Å². The van der Waals surface area contributed by atoms with Gasteiger partial charge in [0.15, 0.2) is 11.5 Å². The zero-order chi connectivity index (χ0) is 20.4. The molecule has 0 saturated heterocycles. The van der Waals surface area contributed by atoms with E-state index in [0.717, 1.165) is 11.1 Å². The van der Waals surface area contributed by atoms with Gasteiger partial charge in [-0.15, -0.1) is 0 Å². The van der Waals surface area contributed by atoms with E-state index in [1.807, 2.05) is 31.2 Å². The van der Waals surface area contributed by atoms with Crippen LogP contribution in [-0.2, 0) is 14.4 Å². The number of fused-ring (bicyclic) bond motifs is 1. The topological polar surface area (TPSA) is 65.0 Å². The van der Waals surface area contributed by atoms with Crippen molar-refractivity contribution in [3.63, 3.8) is 0 Å². The molecule has 0 atom stereocenters. The van der Waals surface area contributed by atoms with Crippen molar-refractivity contribution in [1.29, 1.82) is 0 Å². The molecule has 0 unspecified atom stereocenters. The molecular weight excluding hydrogens is 410 g/mol. The zero-order valence-electron chi connectivity index (χ0n) is 15.4. The molecule has 0 bridgehead atoms. The number of halogens is 1. The van der Waals surface area contributed by atoms with Gasteiger partial charge >= 0.3 is 10.1 Å². The Bertz CT molecular complexity index is 1210. The van der Waals surface area contributed by atoms with Crippen molar-refractivity contribution < 1.29 is 17.4 Å². The van der Waals surface area contributed by atoms with Gasteiger partial charge in [0.05, 0.1) is 5.56 Å². The predicted octanol–water partition coefficient (Wildman–Crippen LogP) is 5.19. The minimum Gasteiger partial charge on any atom is -0.454 e. The van der Waals surface area contributed by atoms with Crippen LogP contribution in [0.2, 0.25) is 5.02 Å². The average Bonchev–Trinajstić information content (AvgIpc) is 3.05. The van der Waals surface area contributed by atoms with Gasteiger partial charge in [-0.2, -0.15) is 8.42 Å². The van der Waals surface area contributed by atoms with Crippen LogP contribution in [0.15, 0.2) is 88.6 Å². The van der Waals surface area contributed by atoms with Gasteiger partial charge in [0, 0.05) is 5.02 Å². The lowest BCUT2D eigenvalue weighted by Gasteiger charge is -2.04. The van der Waals surface area contributed by atoms with Crippen LogP contribution in [-0.4, -0.2) is 14.1 Å². The van der Waals surface area contributed by atoms with Crippen molar-refractivity contribution >= 4 is 33.5 Å². The molecule has 4 rings (SSSR count). The second-order valence-corrected chi connectivity index (χ2v) is 8.41. The first-order valence-corrected chi connectivity index (χ1v) is 10.5. The fourth-order valence-electron chi connectivity index (χ4n) is 2.79. The second-order valence-electron chi connectivity index (χ2n) is 6.44. The van der Waals surface area contributed by atoms with Crippen LogP contribution in [0.4, 0.5) is 0 Å². The Morgan fingerprint density at radius 1 is 0.966 bits per heavy atom. The summed E-state index contributed by atoms with van der Waals surface area (Å²) in [5.41, 5.74) is 2.71. The maximum atomic E-state index is 12.5. The molecule has 5 nitrogen and oxygen atoms in total. The van der Waals surface area contributed by atoms with Crippen LogP contribution in [0.3, 0.4) is 0 Å². The molecule has 3 aromatic rings. The van der Waals surface area contributed by atoms with Crippen LogP contribution in [0.1, 0.15) is 16.7 Å². The van der Waals surface area contributed by atoms with Crippen molar-refractivity contribution in [3.8, 4) is 5.75 Å². The fraction of sp³-hybridized carbons (Fsp3) is 0.0455. The number of aryl methyl sites for hydroxylation is 1. The van der Waals surface area contributed by atoms with Gasteiger partial charge < -0.3 is 4.74 Å². The molecule has 0 radical (unpaired) electrons. The summed E-state index contributed by atoms with van der Waals surface area (Å²) in [6, 6.07) is 20.7. The fourth-order valence-corrected chi connectivity index (χ4v) is 3.64.